The summed E-state index contributed by atoms with van der Waals surface area (Å²) in [4.78, 5) is 12.7. The van der Waals surface area contributed by atoms with Crippen molar-refractivity contribution in [3.05, 3.63) is 0 Å². The average molecular weight is 194 g/mol. The summed E-state index contributed by atoms with van der Waals surface area (Å²) in [5, 5.41) is 8.80. The largest absolute Gasteiger partial charge is 0.480 e. The van der Waals surface area contributed by atoms with Crippen LogP contribution in [0.3, 0.4) is 0 Å². The van der Waals surface area contributed by atoms with Crippen molar-refractivity contribution in [2.75, 3.05) is 13.1 Å². The molecule has 0 amide bonds. The summed E-state index contributed by atoms with van der Waals surface area (Å²) in [5.74, 6) is -0.661. The number of likely N-dealkylation sites (N-methyl/N-ethyl adjacent to an activating group) is 1. The highest BCUT2D eigenvalue weighted by molar-refractivity contribution is 5.85. The van der Waals surface area contributed by atoms with Crippen LogP contribution in [-0.2, 0) is 4.79 Å². The second-order valence-corrected chi connectivity index (χ2v) is 2.98. The Morgan fingerprint density at radius 3 is 2.67 bits per heavy atom. The summed E-state index contributed by atoms with van der Waals surface area (Å²) in [6, 6.07) is -0.214. The molecule has 3 nitrogen and oxygen atoms in total. The van der Waals surface area contributed by atoms with Gasteiger partial charge in [-0.1, -0.05) is 13.3 Å². The lowest BCUT2D eigenvalue weighted by Gasteiger charge is -2.31. The van der Waals surface area contributed by atoms with E-state index in [0.29, 0.717) is 0 Å². The molecule has 1 fully saturated rings. The summed E-state index contributed by atoms with van der Waals surface area (Å²) in [7, 11) is 0. The molecule has 1 heterocycles. The van der Waals surface area contributed by atoms with Crippen molar-refractivity contribution in [3.8, 4) is 0 Å². The maximum absolute atomic E-state index is 10.7. The molecule has 1 N–H and O–H groups in total. The minimum Gasteiger partial charge on any atom is -0.480 e. The zero-order chi connectivity index (χ0) is 8.27. The molecule has 0 aromatic carbocycles. The van der Waals surface area contributed by atoms with E-state index >= 15 is 0 Å². The molecule has 0 aromatic rings. The van der Waals surface area contributed by atoms with Crippen molar-refractivity contribution in [1.29, 1.82) is 0 Å². The fourth-order valence-electron chi connectivity index (χ4n) is 1.65. The zero-order valence-corrected chi connectivity index (χ0v) is 8.14. The van der Waals surface area contributed by atoms with Gasteiger partial charge in [-0.25, -0.2) is 0 Å². The number of nitrogens with zero attached hydrogens (tertiary/aromatic N) is 1. The van der Waals surface area contributed by atoms with E-state index < -0.39 is 5.97 Å². The first-order chi connectivity index (χ1) is 5.25. The Hall–Kier alpha value is -0.280. The molecule has 1 aliphatic rings. The van der Waals surface area contributed by atoms with Crippen LogP contribution in [-0.4, -0.2) is 35.1 Å². The molecule has 12 heavy (non-hydrogen) atoms. The van der Waals surface area contributed by atoms with Crippen LogP contribution in [0.2, 0.25) is 0 Å². The Bertz CT molecular complexity index is 152. The number of carbonyl (C=O) groups is 1. The number of likely N-dealkylation sites (tertiary alicyclic amines) is 1. The summed E-state index contributed by atoms with van der Waals surface area (Å²) in [5.41, 5.74) is 0. The normalized spacial score (nSPS) is 24.6. The molecule has 72 valence electrons. The van der Waals surface area contributed by atoms with Crippen molar-refractivity contribution in [2.45, 2.75) is 32.2 Å². The molecule has 1 aliphatic heterocycles. The fourth-order valence-corrected chi connectivity index (χ4v) is 1.65. The Balaban J connectivity index is 0.00000121. The Morgan fingerprint density at radius 2 is 2.25 bits per heavy atom. The SMILES string of the molecule is CCN1CCCC[C@H]1C(=O)O.Cl. The van der Waals surface area contributed by atoms with Crippen molar-refractivity contribution >= 4 is 18.4 Å². The van der Waals surface area contributed by atoms with Crippen LogP contribution in [0, 0.1) is 0 Å². The molecule has 0 aliphatic carbocycles. The van der Waals surface area contributed by atoms with Crippen LogP contribution in [0.5, 0.6) is 0 Å². The number of piperidine rings is 1. The molecule has 1 atom stereocenters. The van der Waals surface area contributed by atoms with E-state index in [1.807, 2.05) is 11.8 Å². The lowest BCUT2D eigenvalue weighted by molar-refractivity contribution is -0.144. The molecule has 0 saturated carbocycles. The summed E-state index contributed by atoms with van der Waals surface area (Å²) in [6.45, 7) is 3.83. The molecule has 4 heteroatoms. The second kappa shape index (κ2) is 5.38. The van der Waals surface area contributed by atoms with Crippen molar-refractivity contribution < 1.29 is 9.90 Å². The third-order valence-corrected chi connectivity index (χ3v) is 2.30. The standard InChI is InChI=1S/C8H15NO2.ClH/c1-2-9-6-4-3-5-7(9)8(10)11;/h7H,2-6H2,1H3,(H,10,11);1H/t7-;/m0./s1. The van der Waals surface area contributed by atoms with Gasteiger partial charge in [-0.3, -0.25) is 9.69 Å². The number of rotatable bonds is 2. The summed E-state index contributed by atoms with van der Waals surface area (Å²) >= 11 is 0. The van der Waals surface area contributed by atoms with Gasteiger partial charge in [-0.15, -0.1) is 12.4 Å². The van der Waals surface area contributed by atoms with Gasteiger partial charge in [0.1, 0.15) is 6.04 Å². The van der Waals surface area contributed by atoms with Gasteiger partial charge in [0.25, 0.3) is 0 Å². The maximum atomic E-state index is 10.7. The monoisotopic (exact) mass is 193 g/mol. The Labute approximate surface area is 79.2 Å². The number of carboxylic acids is 1. The highest BCUT2D eigenvalue weighted by Crippen LogP contribution is 2.16. The van der Waals surface area contributed by atoms with E-state index in [-0.39, 0.29) is 18.4 Å². The van der Waals surface area contributed by atoms with Crippen molar-refractivity contribution in [3.63, 3.8) is 0 Å². The maximum Gasteiger partial charge on any atom is 0.320 e. The average Bonchev–Trinajstić information content (AvgIpc) is 2.04. The second-order valence-electron chi connectivity index (χ2n) is 2.98. The van der Waals surface area contributed by atoms with Gasteiger partial charge in [0.15, 0.2) is 0 Å². The van der Waals surface area contributed by atoms with Gasteiger partial charge >= 0.3 is 5.97 Å². The minimum atomic E-state index is -0.661. The van der Waals surface area contributed by atoms with E-state index in [9.17, 15) is 4.79 Å². The number of carboxylic acid groups (broad SMARTS) is 1. The molecular weight excluding hydrogens is 178 g/mol. The topological polar surface area (TPSA) is 40.5 Å². The van der Waals surface area contributed by atoms with Gasteiger partial charge < -0.3 is 5.11 Å². The molecule has 0 aromatic heterocycles. The zero-order valence-electron chi connectivity index (χ0n) is 7.32. The van der Waals surface area contributed by atoms with Crippen LogP contribution in [0.4, 0.5) is 0 Å². The van der Waals surface area contributed by atoms with Gasteiger partial charge in [0.05, 0.1) is 0 Å². The first-order valence-corrected chi connectivity index (χ1v) is 4.22. The predicted molar refractivity (Wildman–Crippen MR) is 49.8 cm³/mol. The van der Waals surface area contributed by atoms with Crippen LogP contribution < -0.4 is 0 Å². The third kappa shape index (κ3) is 2.64. The van der Waals surface area contributed by atoms with E-state index in [1.165, 1.54) is 0 Å². The van der Waals surface area contributed by atoms with Gasteiger partial charge in [0.2, 0.25) is 0 Å². The van der Waals surface area contributed by atoms with Gasteiger partial charge in [-0.05, 0) is 25.9 Å². The van der Waals surface area contributed by atoms with Crippen molar-refractivity contribution in [2.24, 2.45) is 0 Å². The van der Waals surface area contributed by atoms with Gasteiger partial charge in [0, 0.05) is 0 Å². The molecule has 0 radical (unpaired) electrons. The number of halogens is 1. The van der Waals surface area contributed by atoms with Crippen LogP contribution in [0.25, 0.3) is 0 Å². The van der Waals surface area contributed by atoms with Crippen LogP contribution in [0.1, 0.15) is 26.2 Å². The summed E-state index contributed by atoms with van der Waals surface area (Å²) < 4.78 is 0. The fraction of sp³-hybridized carbons (Fsp3) is 0.875. The van der Waals surface area contributed by atoms with E-state index in [0.717, 1.165) is 32.4 Å². The van der Waals surface area contributed by atoms with E-state index in [4.69, 9.17) is 5.11 Å². The number of aliphatic carboxylic acids is 1. The molecule has 0 spiro atoms. The summed E-state index contributed by atoms with van der Waals surface area (Å²) in [6.07, 6.45) is 3.04. The smallest absolute Gasteiger partial charge is 0.320 e. The van der Waals surface area contributed by atoms with Crippen LogP contribution >= 0.6 is 12.4 Å². The molecule has 1 rings (SSSR count). The highest BCUT2D eigenvalue weighted by Gasteiger charge is 2.26. The Morgan fingerprint density at radius 1 is 1.58 bits per heavy atom. The van der Waals surface area contributed by atoms with E-state index in [1.54, 1.807) is 0 Å². The Kier molecular flexibility index (Phi) is 5.25. The molecule has 0 unspecified atom stereocenters. The van der Waals surface area contributed by atoms with Crippen molar-refractivity contribution in [1.82, 2.24) is 4.90 Å². The third-order valence-electron chi connectivity index (χ3n) is 2.30. The number of hydrogen-bond acceptors (Lipinski definition) is 2. The predicted octanol–water partition coefficient (Wildman–Crippen LogP) is 1.37. The van der Waals surface area contributed by atoms with Crippen LogP contribution in [0.15, 0.2) is 0 Å². The first kappa shape index (κ1) is 11.7. The first-order valence-electron chi connectivity index (χ1n) is 4.22. The molecular formula is C8H16ClNO2. The minimum absolute atomic E-state index is 0. The highest BCUT2D eigenvalue weighted by atomic mass is 35.5. The lowest BCUT2D eigenvalue weighted by atomic mass is 10.0. The van der Waals surface area contributed by atoms with Gasteiger partial charge in [-0.2, -0.15) is 0 Å². The van der Waals surface area contributed by atoms with E-state index in [2.05, 4.69) is 0 Å². The molecule has 1 saturated heterocycles. The molecule has 0 bridgehead atoms. The number of hydrogen-bond donors (Lipinski definition) is 1. The lowest BCUT2D eigenvalue weighted by Crippen LogP contribution is -2.44. The quantitative estimate of drug-likeness (QED) is 0.720.